The van der Waals surface area contributed by atoms with Gasteiger partial charge in [0.05, 0.1) is 0 Å². The van der Waals surface area contributed by atoms with E-state index in [-0.39, 0.29) is 11.9 Å². The van der Waals surface area contributed by atoms with Crippen LogP contribution in [0.5, 0.6) is 11.5 Å². The van der Waals surface area contributed by atoms with E-state index in [4.69, 9.17) is 4.74 Å². The van der Waals surface area contributed by atoms with Crippen LogP contribution in [0.1, 0.15) is 42.5 Å². The number of nitrogens with zero attached hydrogens (tertiary/aromatic N) is 1. The lowest BCUT2D eigenvalue weighted by atomic mass is 10.1. The first-order valence-electron chi connectivity index (χ1n) is 10.1. The minimum absolute atomic E-state index is 0.00831. The molecule has 27 heavy (non-hydrogen) atoms. The van der Waals surface area contributed by atoms with Gasteiger partial charge in [-0.3, -0.25) is 4.79 Å². The average molecular weight is 364 g/mol. The largest absolute Gasteiger partial charge is 0.457 e. The molecule has 1 saturated carbocycles. The van der Waals surface area contributed by atoms with Gasteiger partial charge < -0.3 is 15.0 Å². The van der Waals surface area contributed by atoms with Gasteiger partial charge in [-0.25, -0.2) is 0 Å². The molecule has 0 radical (unpaired) electrons. The number of likely N-dealkylation sites (tertiary alicyclic amines) is 1. The summed E-state index contributed by atoms with van der Waals surface area (Å²) in [6.45, 7) is 3.29. The van der Waals surface area contributed by atoms with Crippen LogP contribution in [0.4, 0.5) is 0 Å². The van der Waals surface area contributed by atoms with E-state index in [9.17, 15) is 4.79 Å². The second kappa shape index (κ2) is 8.57. The Kier molecular flexibility index (Phi) is 5.73. The Labute approximate surface area is 161 Å². The summed E-state index contributed by atoms with van der Waals surface area (Å²) in [4.78, 5) is 15.1. The van der Waals surface area contributed by atoms with E-state index in [0.717, 1.165) is 36.9 Å². The first kappa shape index (κ1) is 18.1. The third-order valence-electron chi connectivity index (χ3n) is 5.69. The first-order chi connectivity index (χ1) is 13.3. The fourth-order valence-electron chi connectivity index (χ4n) is 4.24. The van der Waals surface area contributed by atoms with E-state index < -0.39 is 0 Å². The Morgan fingerprint density at radius 2 is 1.67 bits per heavy atom. The number of rotatable bonds is 6. The number of para-hydroxylation sites is 1. The molecule has 1 N–H and O–H groups in total. The van der Waals surface area contributed by atoms with Crippen LogP contribution >= 0.6 is 0 Å². The molecule has 1 saturated heterocycles. The zero-order valence-corrected chi connectivity index (χ0v) is 15.8. The molecule has 0 bridgehead atoms. The lowest BCUT2D eigenvalue weighted by Crippen LogP contribution is -2.37. The van der Waals surface area contributed by atoms with Crippen molar-refractivity contribution in [2.75, 3.05) is 19.6 Å². The SMILES string of the molecule is O=C(NC1CCN(CC2CCCC2)C1)c1ccc(Oc2ccccc2)cc1. The zero-order chi connectivity index (χ0) is 18.5. The highest BCUT2D eigenvalue weighted by molar-refractivity contribution is 5.94. The standard InChI is InChI=1S/C23H28N2O2/c26-23(24-20-14-15-25(17-20)16-18-6-4-5-7-18)19-10-12-22(13-11-19)27-21-8-2-1-3-9-21/h1-3,8-13,18,20H,4-7,14-17H2,(H,24,26). The molecular weight excluding hydrogens is 336 g/mol. The van der Waals surface area contributed by atoms with Crippen LogP contribution in [-0.4, -0.2) is 36.5 Å². The van der Waals surface area contributed by atoms with Gasteiger partial charge in [-0.15, -0.1) is 0 Å². The van der Waals surface area contributed by atoms with Crippen LogP contribution < -0.4 is 10.1 Å². The molecular formula is C23H28N2O2. The van der Waals surface area contributed by atoms with Crippen LogP contribution in [-0.2, 0) is 0 Å². The minimum atomic E-state index is 0.00831. The predicted molar refractivity (Wildman–Crippen MR) is 107 cm³/mol. The van der Waals surface area contributed by atoms with E-state index in [0.29, 0.717) is 5.56 Å². The molecule has 2 aliphatic rings. The lowest BCUT2D eigenvalue weighted by molar-refractivity contribution is 0.0937. The van der Waals surface area contributed by atoms with Gasteiger partial charge in [0.25, 0.3) is 5.91 Å². The van der Waals surface area contributed by atoms with Crippen molar-refractivity contribution in [1.29, 1.82) is 0 Å². The maximum Gasteiger partial charge on any atom is 0.251 e. The Bertz CT molecular complexity index is 739. The van der Waals surface area contributed by atoms with Crippen LogP contribution in [0.25, 0.3) is 0 Å². The van der Waals surface area contributed by atoms with E-state index in [1.807, 2.05) is 54.6 Å². The molecule has 1 amide bonds. The van der Waals surface area contributed by atoms with Crippen LogP contribution in [0.15, 0.2) is 54.6 Å². The van der Waals surface area contributed by atoms with Crippen LogP contribution in [0.3, 0.4) is 0 Å². The molecule has 0 spiro atoms. The van der Waals surface area contributed by atoms with Gasteiger partial charge in [0, 0.05) is 31.2 Å². The fraction of sp³-hybridized carbons (Fsp3) is 0.435. The predicted octanol–water partition coefficient (Wildman–Crippen LogP) is 4.47. The van der Waals surface area contributed by atoms with Crippen molar-refractivity contribution in [3.05, 3.63) is 60.2 Å². The topological polar surface area (TPSA) is 41.6 Å². The Morgan fingerprint density at radius 3 is 2.41 bits per heavy atom. The van der Waals surface area contributed by atoms with Crippen molar-refractivity contribution in [2.45, 2.75) is 38.1 Å². The number of carbonyl (C=O) groups excluding carboxylic acids is 1. The van der Waals surface area contributed by atoms with Gasteiger partial charge in [-0.05, 0) is 61.6 Å². The number of hydrogen-bond donors (Lipinski definition) is 1. The smallest absolute Gasteiger partial charge is 0.251 e. The molecule has 1 aliphatic heterocycles. The average Bonchev–Trinajstić information content (AvgIpc) is 3.36. The minimum Gasteiger partial charge on any atom is -0.457 e. The summed E-state index contributed by atoms with van der Waals surface area (Å²) in [6.07, 6.45) is 6.59. The van der Waals surface area contributed by atoms with Gasteiger partial charge in [-0.2, -0.15) is 0 Å². The maximum atomic E-state index is 12.6. The molecule has 4 heteroatoms. The Hall–Kier alpha value is -2.33. The van der Waals surface area contributed by atoms with Gasteiger partial charge in [-0.1, -0.05) is 31.0 Å². The second-order valence-corrected chi connectivity index (χ2v) is 7.81. The van der Waals surface area contributed by atoms with Gasteiger partial charge in [0.2, 0.25) is 0 Å². The monoisotopic (exact) mass is 364 g/mol. The van der Waals surface area contributed by atoms with E-state index in [1.165, 1.54) is 32.2 Å². The molecule has 4 rings (SSSR count). The maximum absolute atomic E-state index is 12.6. The summed E-state index contributed by atoms with van der Waals surface area (Å²) in [7, 11) is 0. The van der Waals surface area contributed by atoms with E-state index in [2.05, 4.69) is 10.2 Å². The lowest BCUT2D eigenvalue weighted by Gasteiger charge is -2.20. The molecule has 1 aliphatic carbocycles. The highest BCUT2D eigenvalue weighted by Crippen LogP contribution is 2.27. The molecule has 2 aromatic carbocycles. The number of nitrogens with one attached hydrogen (secondary N) is 1. The first-order valence-corrected chi connectivity index (χ1v) is 10.1. The Morgan fingerprint density at radius 1 is 0.963 bits per heavy atom. The van der Waals surface area contributed by atoms with Crippen molar-refractivity contribution in [3.63, 3.8) is 0 Å². The molecule has 0 aromatic heterocycles. The summed E-state index contributed by atoms with van der Waals surface area (Å²) in [5.41, 5.74) is 0.685. The van der Waals surface area contributed by atoms with Crippen LogP contribution in [0.2, 0.25) is 0 Å². The van der Waals surface area contributed by atoms with Crippen molar-refractivity contribution < 1.29 is 9.53 Å². The number of carbonyl (C=O) groups is 1. The number of hydrogen-bond acceptors (Lipinski definition) is 3. The highest BCUT2D eigenvalue weighted by Gasteiger charge is 2.27. The third kappa shape index (κ3) is 4.89. The second-order valence-electron chi connectivity index (χ2n) is 7.81. The molecule has 4 nitrogen and oxygen atoms in total. The summed E-state index contributed by atoms with van der Waals surface area (Å²) in [5.74, 6) is 2.41. The quantitative estimate of drug-likeness (QED) is 0.822. The van der Waals surface area contributed by atoms with Gasteiger partial charge >= 0.3 is 0 Å². The number of amides is 1. The molecule has 2 aromatic rings. The summed E-state index contributed by atoms with van der Waals surface area (Å²) >= 11 is 0. The van der Waals surface area contributed by atoms with Crippen molar-refractivity contribution in [2.24, 2.45) is 5.92 Å². The van der Waals surface area contributed by atoms with E-state index in [1.54, 1.807) is 0 Å². The molecule has 1 unspecified atom stereocenters. The summed E-state index contributed by atoms with van der Waals surface area (Å²) in [6, 6.07) is 17.3. The van der Waals surface area contributed by atoms with Crippen molar-refractivity contribution in [3.8, 4) is 11.5 Å². The molecule has 2 fully saturated rings. The fourth-order valence-corrected chi connectivity index (χ4v) is 4.24. The number of ether oxygens (including phenoxy) is 1. The van der Waals surface area contributed by atoms with Gasteiger partial charge in [0.15, 0.2) is 0 Å². The highest BCUT2D eigenvalue weighted by atomic mass is 16.5. The third-order valence-corrected chi connectivity index (χ3v) is 5.69. The van der Waals surface area contributed by atoms with Crippen molar-refractivity contribution in [1.82, 2.24) is 10.2 Å². The molecule has 1 atom stereocenters. The van der Waals surface area contributed by atoms with Crippen molar-refractivity contribution >= 4 is 5.91 Å². The summed E-state index contributed by atoms with van der Waals surface area (Å²) < 4.78 is 5.79. The summed E-state index contributed by atoms with van der Waals surface area (Å²) in [5, 5.41) is 3.20. The molecule has 142 valence electrons. The van der Waals surface area contributed by atoms with Gasteiger partial charge in [0.1, 0.15) is 11.5 Å². The Balaban J connectivity index is 1.27. The number of benzene rings is 2. The molecule has 1 heterocycles. The van der Waals surface area contributed by atoms with Crippen LogP contribution in [0, 0.1) is 5.92 Å². The van der Waals surface area contributed by atoms with E-state index >= 15 is 0 Å². The normalized spacial score (nSPS) is 20.7. The zero-order valence-electron chi connectivity index (χ0n) is 15.8.